The van der Waals surface area contributed by atoms with Crippen LogP contribution in [0.5, 0.6) is 0 Å². The average Bonchev–Trinajstić information content (AvgIpc) is 2.60. The van der Waals surface area contributed by atoms with Gasteiger partial charge in [0.15, 0.2) is 0 Å². The zero-order valence-corrected chi connectivity index (χ0v) is 8.31. The molecule has 0 aromatic heterocycles. The summed E-state index contributed by atoms with van der Waals surface area (Å²) >= 11 is 0. The van der Waals surface area contributed by atoms with Gasteiger partial charge in [0.05, 0.1) is 18.4 Å². The highest BCUT2D eigenvalue weighted by molar-refractivity contribution is 5.81. The molecule has 1 rings (SSSR count). The molecule has 2 N–H and O–H groups in total. The zero-order chi connectivity index (χ0) is 10.6. The van der Waals surface area contributed by atoms with Gasteiger partial charge in [0.1, 0.15) is 0 Å². The molecule has 4 heteroatoms. The van der Waals surface area contributed by atoms with Crippen LogP contribution in [0.15, 0.2) is 12.2 Å². The van der Waals surface area contributed by atoms with Crippen molar-refractivity contribution < 1.29 is 4.79 Å². The number of carbonyl (C=O) groups excluding carboxylic acids is 1. The van der Waals surface area contributed by atoms with E-state index in [1.165, 1.54) is 0 Å². The Kier molecular flexibility index (Phi) is 3.66. The summed E-state index contributed by atoms with van der Waals surface area (Å²) in [6.07, 6.45) is 4.79. The molecule has 1 aliphatic carbocycles. The molecule has 0 saturated carbocycles. The number of carbonyl (C=O) groups is 1. The summed E-state index contributed by atoms with van der Waals surface area (Å²) in [5.41, 5.74) is 5.65. The van der Waals surface area contributed by atoms with E-state index >= 15 is 0 Å². The molecule has 2 unspecified atom stereocenters. The van der Waals surface area contributed by atoms with E-state index < -0.39 is 0 Å². The molecule has 1 amide bonds. The lowest BCUT2D eigenvalue weighted by Gasteiger charge is -2.19. The molecule has 0 aliphatic heterocycles. The number of hydrogen-bond donors (Lipinski definition) is 1. The van der Waals surface area contributed by atoms with Gasteiger partial charge < -0.3 is 10.6 Å². The number of rotatable bonds is 3. The molecule has 0 fully saturated rings. The Hall–Kier alpha value is -1.34. The van der Waals surface area contributed by atoms with Gasteiger partial charge in [0, 0.05) is 19.6 Å². The van der Waals surface area contributed by atoms with Crippen LogP contribution in [-0.4, -0.2) is 30.4 Å². The quantitative estimate of drug-likeness (QED) is 0.654. The van der Waals surface area contributed by atoms with Gasteiger partial charge in [-0.3, -0.25) is 4.79 Å². The van der Waals surface area contributed by atoms with Crippen LogP contribution in [0.1, 0.15) is 12.8 Å². The van der Waals surface area contributed by atoms with E-state index in [1.807, 2.05) is 18.2 Å². The minimum Gasteiger partial charge on any atom is -0.344 e. The number of nitrogens with zero attached hydrogens (tertiary/aromatic N) is 2. The summed E-state index contributed by atoms with van der Waals surface area (Å²) in [5, 5.41) is 8.38. The van der Waals surface area contributed by atoms with Crippen molar-refractivity contribution in [2.75, 3.05) is 13.6 Å². The van der Waals surface area contributed by atoms with Crippen LogP contribution in [0, 0.1) is 17.2 Å². The van der Waals surface area contributed by atoms with Crippen LogP contribution in [0.3, 0.4) is 0 Å². The first-order chi connectivity index (χ1) is 6.65. The van der Waals surface area contributed by atoms with Crippen LogP contribution < -0.4 is 5.73 Å². The number of nitriles is 1. The molecule has 0 heterocycles. The van der Waals surface area contributed by atoms with Crippen molar-refractivity contribution in [3.05, 3.63) is 12.2 Å². The third-order valence-corrected chi connectivity index (χ3v) is 2.37. The second-order valence-corrected chi connectivity index (χ2v) is 3.56. The maximum atomic E-state index is 11.7. The molecule has 4 nitrogen and oxygen atoms in total. The van der Waals surface area contributed by atoms with Gasteiger partial charge in [0.25, 0.3) is 0 Å². The summed E-state index contributed by atoms with van der Waals surface area (Å²) in [6, 6.07) is 2.02. The Labute approximate surface area is 84.0 Å². The van der Waals surface area contributed by atoms with Gasteiger partial charge in [0.2, 0.25) is 5.91 Å². The largest absolute Gasteiger partial charge is 0.344 e. The fraction of sp³-hybridized carbons (Fsp3) is 0.600. The van der Waals surface area contributed by atoms with Gasteiger partial charge in [-0.15, -0.1) is 0 Å². The summed E-state index contributed by atoms with van der Waals surface area (Å²) in [4.78, 5) is 13.3. The van der Waals surface area contributed by atoms with E-state index in [0.717, 1.165) is 0 Å². The lowest BCUT2D eigenvalue weighted by molar-refractivity contribution is -0.132. The standard InChI is InChI=1S/C10H15N3O/c1-13(6-2-5-11)10(14)8-3-4-9(12)7-8/h3-4,8-9H,2,6-7,12H2,1H3. The van der Waals surface area contributed by atoms with Gasteiger partial charge in [-0.25, -0.2) is 0 Å². The van der Waals surface area contributed by atoms with Gasteiger partial charge in [-0.1, -0.05) is 12.2 Å². The van der Waals surface area contributed by atoms with Crippen LogP contribution in [0.25, 0.3) is 0 Å². The Bertz CT molecular complexity index is 280. The molecule has 0 aromatic rings. The van der Waals surface area contributed by atoms with Gasteiger partial charge in [-0.2, -0.15) is 5.26 Å². The average molecular weight is 193 g/mol. The fourth-order valence-electron chi connectivity index (χ4n) is 1.52. The second kappa shape index (κ2) is 4.77. The topological polar surface area (TPSA) is 70.1 Å². The lowest BCUT2D eigenvalue weighted by atomic mass is 10.1. The smallest absolute Gasteiger partial charge is 0.229 e. The molecular weight excluding hydrogens is 178 g/mol. The molecule has 14 heavy (non-hydrogen) atoms. The van der Waals surface area contributed by atoms with Crippen molar-refractivity contribution in [3.63, 3.8) is 0 Å². The molecule has 2 atom stereocenters. The Morgan fingerprint density at radius 3 is 2.93 bits per heavy atom. The first kappa shape index (κ1) is 10.7. The summed E-state index contributed by atoms with van der Waals surface area (Å²) in [5.74, 6) is -0.0295. The first-order valence-electron chi connectivity index (χ1n) is 4.71. The molecule has 0 bridgehead atoms. The summed E-state index contributed by atoms with van der Waals surface area (Å²) < 4.78 is 0. The first-order valence-corrected chi connectivity index (χ1v) is 4.71. The predicted octanol–water partition coefficient (Wildman–Crippen LogP) is 0.262. The van der Waals surface area contributed by atoms with E-state index in [1.54, 1.807) is 11.9 Å². The predicted molar refractivity (Wildman–Crippen MR) is 53.1 cm³/mol. The zero-order valence-electron chi connectivity index (χ0n) is 8.31. The van der Waals surface area contributed by atoms with E-state index in [9.17, 15) is 4.79 Å². The Morgan fingerprint density at radius 1 is 1.71 bits per heavy atom. The van der Waals surface area contributed by atoms with E-state index in [4.69, 9.17) is 11.0 Å². The fourth-order valence-corrected chi connectivity index (χ4v) is 1.52. The second-order valence-electron chi connectivity index (χ2n) is 3.56. The monoisotopic (exact) mass is 193 g/mol. The minimum atomic E-state index is -0.0892. The molecule has 0 spiro atoms. The maximum absolute atomic E-state index is 11.7. The normalized spacial score (nSPS) is 24.6. The van der Waals surface area contributed by atoms with Crippen molar-refractivity contribution in [3.8, 4) is 6.07 Å². The van der Waals surface area contributed by atoms with Crippen molar-refractivity contribution in [2.24, 2.45) is 11.7 Å². The van der Waals surface area contributed by atoms with Crippen molar-refractivity contribution in [1.29, 1.82) is 5.26 Å². The van der Waals surface area contributed by atoms with E-state index in [2.05, 4.69) is 0 Å². The van der Waals surface area contributed by atoms with Crippen molar-refractivity contribution in [2.45, 2.75) is 18.9 Å². The number of hydrogen-bond acceptors (Lipinski definition) is 3. The van der Waals surface area contributed by atoms with E-state index in [-0.39, 0.29) is 17.9 Å². The van der Waals surface area contributed by atoms with Gasteiger partial charge in [-0.05, 0) is 6.42 Å². The molecular formula is C10H15N3O. The highest BCUT2D eigenvalue weighted by atomic mass is 16.2. The summed E-state index contributed by atoms with van der Waals surface area (Å²) in [7, 11) is 1.72. The van der Waals surface area contributed by atoms with Crippen LogP contribution in [-0.2, 0) is 4.79 Å². The van der Waals surface area contributed by atoms with Crippen LogP contribution in [0.4, 0.5) is 0 Å². The Balaban J connectivity index is 2.42. The minimum absolute atomic E-state index is 0.00770. The Morgan fingerprint density at radius 2 is 2.43 bits per heavy atom. The van der Waals surface area contributed by atoms with E-state index in [0.29, 0.717) is 19.4 Å². The van der Waals surface area contributed by atoms with Gasteiger partial charge >= 0.3 is 0 Å². The van der Waals surface area contributed by atoms with Crippen LogP contribution >= 0.6 is 0 Å². The summed E-state index contributed by atoms with van der Waals surface area (Å²) in [6.45, 7) is 0.495. The van der Waals surface area contributed by atoms with Crippen molar-refractivity contribution in [1.82, 2.24) is 4.90 Å². The third kappa shape index (κ3) is 2.57. The highest BCUT2D eigenvalue weighted by Gasteiger charge is 2.24. The lowest BCUT2D eigenvalue weighted by Crippen LogP contribution is -2.33. The third-order valence-electron chi connectivity index (χ3n) is 2.37. The number of amides is 1. The highest BCUT2D eigenvalue weighted by Crippen LogP contribution is 2.18. The van der Waals surface area contributed by atoms with Crippen LogP contribution in [0.2, 0.25) is 0 Å². The maximum Gasteiger partial charge on any atom is 0.229 e. The molecule has 76 valence electrons. The molecule has 0 radical (unpaired) electrons. The van der Waals surface area contributed by atoms with Crippen molar-refractivity contribution >= 4 is 5.91 Å². The number of nitrogens with two attached hydrogens (primary N) is 1. The SMILES string of the molecule is CN(CCC#N)C(=O)C1C=CC(N)C1. The molecule has 0 saturated heterocycles. The molecule has 0 aromatic carbocycles. The molecule has 1 aliphatic rings.